The van der Waals surface area contributed by atoms with Crippen LogP contribution >= 0.6 is 0 Å². The Morgan fingerprint density at radius 1 is 1.19 bits per heavy atom. The van der Waals surface area contributed by atoms with Crippen molar-refractivity contribution < 1.29 is 47.9 Å². The molecule has 1 aromatic rings. The third-order valence-corrected chi connectivity index (χ3v) is 9.66. The van der Waals surface area contributed by atoms with E-state index < -0.39 is 52.7 Å². The van der Waals surface area contributed by atoms with Gasteiger partial charge in [-0.25, -0.2) is 4.79 Å². The average Bonchev–Trinajstić information content (AvgIpc) is 3.22. The first-order valence-corrected chi connectivity index (χ1v) is 14.1. The van der Waals surface area contributed by atoms with Crippen LogP contribution in [-0.2, 0) is 33.3 Å². The lowest BCUT2D eigenvalue weighted by Crippen LogP contribution is -2.70. The smallest absolute Gasteiger partial charge is 0.338 e. The number of carbonyl (C=O) groups excluding carboxylic acids is 3. The second-order valence-electron chi connectivity index (χ2n) is 12.4. The lowest BCUT2D eigenvalue weighted by Gasteiger charge is -2.59. The van der Waals surface area contributed by atoms with E-state index in [1.807, 2.05) is 19.1 Å². The Bertz CT molecular complexity index is 1480. The Hall–Kier alpha value is -3.47. The van der Waals surface area contributed by atoms with Crippen LogP contribution in [0.5, 0.6) is 11.5 Å². The number of phenols is 1. The number of ketones is 1. The van der Waals surface area contributed by atoms with Gasteiger partial charge in [0, 0.05) is 26.2 Å². The number of rotatable bonds is 6. The summed E-state index contributed by atoms with van der Waals surface area (Å²) in [6.45, 7) is 12.8. The minimum absolute atomic E-state index is 0.00872. The van der Waals surface area contributed by atoms with Gasteiger partial charge in [-0.15, -0.1) is 0 Å². The quantitative estimate of drug-likeness (QED) is 0.387. The molecule has 1 saturated carbocycles. The molecule has 1 unspecified atom stereocenters. The van der Waals surface area contributed by atoms with E-state index in [0.717, 1.165) is 5.57 Å². The van der Waals surface area contributed by atoms with Crippen LogP contribution in [-0.4, -0.2) is 65.4 Å². The first-order valence-electron chi connectivity index (χ1n) is 14.1. The Morgan fingerprint density at radius 3 is 2.60 bits per heavy atom. The number of esters is 2. The summed E-state index contributed by atoms with van der Waals surface area (Å²) in [5.41, 5.74) is -1.45. The molecule has 6 rings (SSSR count). The number of Topliss-reactive ketones (excluding diaryl/α,β-unsaturated/α-hetero) is 1. The molecule has 0 radical (unpaired) electrons. The summed E-state index contributed by atoms with van der Waals surface area (Å²) in [7, 11) is 1.38. The van der Waals surface area contributed by atoms with Crippen LogP contribution in [0.25, 0.3) is 0 Å². The maximum absolute atomic E-state index is 14.0. The summed E-state index contributed by atoms with van der Waals surface area (Å²) in [5.74, 6) is -4.21. The number of ether oxygens (including phenoxy) is 6. The number of hydrogen-bond acceptors (Lipinski definition) is 10. The van der Waals surface area contributed by atoms with Gasteiger partial charge >= 0.3 is 11.9 Å². The number of methoxy groups -OCH3 is 1. The zero-order valence-corrected chi connectivity index (χ0v) is 24.6. The van der Waals surface area contributed by atoms with Gasteiger partial charge in [0.05, 0.1) is 24.2 Å². The molecule has 10 heteroatoms. The normalized spacial score (nSPS) is 39.4. The SMILES string of the molecule is C=C(C)[C@]12C[C@@H](C)[C@@]34OC(C)(O[C@H]1[C@@H]3C=C(COC(=O)c1ccc(O)c(OC)c1)C[C@]1(OC(C)=O)C(=O)C(C)=C[C@@H]41)O2. The number of benzene rings is 1. The van der Waals surface area contributed by atoms with Crippen molar-refractivity contribution in [1.82, 2.24) is 0 Å². The van der Waals surface area contributed by atoms with Crippen LogP contribution in [0, 0.1) is 17.8 Å². The van der Waals surface area contributed by atoms with Crippen molar-refractivity contribution in [2.24, 2.45) is 17.8 Å². The summed E-state index contributed by atoms with van der Waals surface area (Å²) in [4.78, 5) is 39.7. The molecule has 42 heavy (non-hydrogen) atoms. The van der Waals surface area contributed by atoms with Crippen molar-refractivity contribution in [2.45, 2.75) is 76.3 Å². The van der Waals surface area contributed by atoms with Crippen molar-refractivity contribution in [1.29, 1.82) is 0 Å². The Kier molecular flexibility index (Phi) is 6.32. The number of phenolic OH excluding ortho intramolecular Hbond substituents is 1. The third kappa shape index (κ3) is 3.77. The molecule has 2 aliphatic heterocycles. The number of hydrogen-bond donors (Lipinski definition) is 1. The maximum Gasteiger partial charge on any atom is 0.338 e. The van der Waals surface area contributed by atoms with E-state index in [9.17, 15) is 19.5 Å². The number of carbonyl (C=O) groups is 3. The van der Waals surface area contributed by atoms with Crippen LogP contribution in [0.3, 0.4) is 0 Å². The number of fused-ring (bicyclic) bond motifs is 2. The largest absolute Gasteiger partial charge is 0.504 e. The fraction of sp³-hybridized carbons (Fsp3) is 0.531. The summed E-state index contributed by atoms with van der Waals surface area (Å²) < 4.78 is 36.7. The van der Waals surface area contributed by atoms with Crippen molar-refractivity contribution in [3.63, 3.8) is 0 Å². The minimum Gasteiger partial charge on any atom is -0.504 e. The maximum atomic E-state index is 14.0. The molecular weight excluding hydrogens is 544 g/mol. The fourth-order valence-corrected chi connectivity index (χ4v) is 8.09. The lowest BCUT2D eigenvalue weighted by molar-refractivity contribution is -0.413. The zero-order valence-electron chi connectivity index (χ0n) is 24.6. The Morgan fingerprint density at radius 2 is 1.93 bits per heavy atom. The molecule has 5 aliphatic rings. The van der Waals surface area contributed by atoms with Crippen LogP contribution < -0.4 is 4.74 Å². The van der Waals surface area contributed by atoms with E-state index in [2.05, 4.69) is 13.5 Å². The fourth-order valence-electron chi connectivity index (χ4n) is 8.09. The molecule has 10 nitrogen and oxygen atoms in total. The third-order valence-electron chi connectivity index (χ3n) is 9.66. The summed E-state index contributed by atoms with van der Waals surface area (Å²) >= 11 is 0. The molecule has 0 aromatic heterocycles. The summed E-state index contributed by atoms with van der Waals surface area (Å²) in [5, 5.41) is 9.92. The van der Waals surface area contributed by atoms with Gasteiger partial charge < -0.3 is 33.5 Å². The van der Waals surface area contributed by atoms with Crippen molar-refractivity contribution in [2.75, 3.05) is 13.7 Å². The molecule has 3 aliphatic carbocycles. The molecule has 2 heterocycles. The van der Waals surface area contributed by atoms with Crippen LogP contribution in [0.2, 0.25) is 0 Å². The highest BCUT2D eigenvalue weighted by Gasteiger charge is 2.79. The van der Waals surface area contributed by atoms with Crippen molar-refractivity contribution in [3.8, 4) is 11.5 Å². The molecular formula is C32H36O10. The Balaban J connectivity index is 1.46. The van der Waals surface area contributed by atoms with Crippen LogP contribution in [0.4, 0.5) is 0 Å². The molecule has 0 spiro atoms. The van der Waals surface area contributed by atoms with Gasteiger partial charge in [-0.2, -0.15) is 0 Å². The highest BCUT2D eigenvalue weighted by Crippen LogP contribution is 2.68. The molecule has 0 amide bonds. The van der Waals surface area contributed by atoms with Gasteiger partial charge in [0.2, 0.25) is 5.78 Å². The van der Waals surface area contributed by atoms with E-state index in [-0.39, 0.29) is 41.8 Å². The van der Waals surface area contributed by atoms with E-state index in [1.165, 1.54) is 32.2 Å². The molecule has 1 N–H and O–H groups in total. The zero-order chi connectivity index (χ0) is 30.4. The lowest BCUT2D eigenvalue weighted by atomic mass is 9.54. The highest BCUT2D eigenvalue weighted by atomic mass is 16.9. The first kappa shape index (κ1) is 28.6. The predicted molar refractivity (Wildman–Crippen MR) is 147 cm³/mol. The first-order chi connectivity index (χ1) is 19.7. The summed E-state index contributed by atoms with van der Waals surface area (Å²) in [6.07, 6.45) is 3.86. The Labute approximate surface area is 244 Å². The molecule has 1 aromatic carbocycles. The second kappa shape index (κ2) is 9.26. The number of aromatic hydroxyl groups is 1. The summed E-state index contributed by atoms with van der Waals surface area (Å²) in [6, 6.07) is 4.16. The topological polar surface area (TPSA) is 127 Å². The van der Waals surface area contributed by atoms with Gasteiger partial charge in [0.1, 0.15) is 18.3 Å². The van der Waals surface area contributed by atoms with Gasteiger partial charge in [-0.1, -0.05) is 25.7 Å². The molecule has 3 bridgehead atoms. The van der Waals surface area contributed by atoms with Gasteiger partial charge in [-0.3, -0.25) is 9.59 Å². The van der Waals surface area contributed by atoms with Crippen LogP contribution in [0.1, 0.15) is 57.8 Å². The van der Waals surface area contributed by atoms with E-state index in [0.29, 0.717) is 17.6 Å². The van der Waals surface area contributed by atoms with Gasteiger partial charge in [0.15, 0.2) is 17.1 Å². The monoisotopic (exact) mass is 580 g/mol. The predicted octanol–water partition coefficient (Wildman–Crippen LogP) is 4.16. The minimum atomic E-state index is -1.60. The van der Waals surface area contributed by atoms with Crippen molar-refractivity contribution >= 4 is 17.7 Å². The molecule has 2 saturated heterocycles. The molecule has 8 atom stereocenters. The van der Waals surface area contributed by atoms with Gasteiger partial charge in [0.25, 0.3) is 5.97 Å². The van der Waals surface area contributed by atoms with Crippen LogP contribution in [0.15, 0.2) is 53.6 Å². The van der Waals surface area contributed by atoms with Crippen molar-refractivity contribution in [3.05, 3.63) is 59.2 Å². The molecule has 3 fully saturated rings. The van der Waals surface area contributed by atoms with E-state index >= 15 is 0 Å². The van der Waals surface area contributed by atoms with E-state index in [1.54, 1.807) is 13.8 Å². The highest BCUT2D eigenvalue weighted by molar-refractivity contribution is 6.06. The second-order valence-corrected chi connectivity index (χ2v) is 12.4. The standard InChI is InChI=1S/C32H36O10/c1-16(2)30-13-18(4)32-22(27(30)40-29(6,41-30)42-32)11-20(14-31(39-19(5)33)25(32)10-17(3)26(31)35)15-38-28(36)21-8-9-23(34)24(12-21)37-7/h8-12,18,22,25,27,34H,1,13-15H2,2-7H3/t18-,22+,25-,27+,29?,30-,31-,32-/m1/s1. The average molecular weight is 581 g/mol. The molecule has 224 valence electrons. The van der Waals surface area contributed by atoms with E-state index in [4.69, 9.17) is 28.4 Å². The van der Waals surface area contributed by atoms with Gasteiger partial charge in [-0.05, 0) is 61.1 Å².